The number of carbonyl (C=O) groups is 3. The fourth-order valence-electron chi connectivity index (χ4n) is 3.71. The summed E-state index contributed by atoms with van der Waals surface area (Å²) in [5, 5.41) is 2.75. The van der Waals surface area contributed by atoms with Crippen molar-refractivity contribution in [3.05, 3.63) is 51.0 Å². The van der Waals surface area contributed by atoms with Crippen molar-refractivity contribution in [2.45, 2.75) is 52.2 Å². The van der Waals surface area contributed by atoms with Crippen molar-refractivity contribution in [2.75, 3.05) is 5.32 Å². The summed E-state index contributed by atoms with van der Waals surface area (Å²) in [5.41, 5.74) is 4.67. The van der Waals surface area contributed by atoms with Gasteiger partial charge in [-0.25, -0.2) is 9.59 Å². The van der Waals surface area contributed by atoms with Crippen LogP contribution in [-0.4, -0.2) is 30.1 Å². The molecule has 0 radical (unpaired) electrons. The maximum absolute atomic E-state index is 13.5. The third-order valence-electron chi connectivity index (χ3n) is 4.68. The van der Waals surface area contributed by atoms with E-state index in [0.29, 0.717) is 15.7 Å². The molecule has 0 bridgehead atoms. The molecule has 1 aromatic carbocycles. The third-order valence-corrected chi connectivity index (χ3v) is 5.17. The van der Waals surface area contributed by atoms with Crippen molar-refractivity contribution < 1.29 is 28.6 Å². The van der Waals surface area contributed by atoms with Gasteiger partial charge >= 0.3 is 11.9 Å². The first-order valence-corrected chi connectivity index (χ1v) is 10.2. The highest BCUT2D eigenvalue weighted by atomic mass is 79.9. The minimum absolute atomic E-state index is 0.0715. The van der Waals surface area contributed by atoms with Crippen molar-refractivity contribution in [1.29, 1.82) is 0 Å². The zero-order chi connectivity index (χ0) is 22.4. The first-order chi connectivity index (χ1) is 14.0. The summed E-state index contributed by atoms with van der Waals surface area (Å²) in [7, 11) is 0. The summed E-state index contributed by atoms with van der Waals surface area (Å²) in [6, 6.07) is 5.06. The molecule has 160 valence electrons. The number of hydrogen-bond donors (Lipinski definition) is 2. The van der Waals surface area contributed by atoms with Gasteiger partial charge in [0.05, 0.1) is 12.2 Å². The quantitative estimate of drug-likeness (QED) is 0.638. The van der Waals surface area contributed by atoms with Crippen molar-refractivity contribution >= 4 is 39.5 Å². The number of rotatable bonds is 4. The molecule has 8 nitrogen and oxygen atoms in total. The van der Waals surface area contributed by atoms with Crippen LogP contribution in [-0.2, 0) is 34.0 Å². The van der Waals surface area contributed by atoms with E-state index in [1.165, 1.54) is 6.92 Å². The molecule has 0 unspecified atom stereocenters. The molecule has 1 amide bonds. The number of hydrogen-bond acceptors (Lipinski definition) is 7. The number of nitrogens with two attached hydrogens (primary N) is 1. The molecule has 30 heavy (non-hydrogen) atoms. The monoisotopic (exact) mass is 478 g/mol. The van der Waals surface area contributed by atoms with Gasteiger partial charge in [-0.1, -0.05) is 15.9 Å². The predicted molar refractivity (Wildman–Crippen MR) is 112 cm³/mol. The highest BCUT2D eigenvalue weighted by molar-refractivity contribution is 9.10. The maximum atomic E-state index is 13.5. The van der Waals surface area contributed by atoms with Crippen LogP contribution < -0.4 is 11.1 Å². The number of esters is 2. The number of fused-ring (bicyclic) bond motifs is 2. The van der Waals surface area contributed by atoms with Crippen molar-refractivity contribution in [3.8, 4) is 0 Å². The van der Waals surface area contributed by atoms with Gasteiger partial charge in [0.2, 0.25) is 11.8 Å². The van der Waals surface area contributed by atoms with E-state index in [1.807, 2.05) is 0 Å². The molecule has 0 saturated heterocycles. The van der Waals surface area contributed by atoms with Gasteiger partial charge in [0, 0.05) is 15.7 Å². The number of nitrogens with one attached hydrogen (secondary N) is 1. The van der Waals surface area contributed by atoms with E-state index in [9.17, 15) is 14.4 Å². The topological polar surface area (TPSA) is 117 Å². The van der Waals surface area contributed by atoms with Crippen molar-refractivity contribution in [1.82, 2.24) is 0 Å². The zero-order valence-electron chi connectivity index (χ0n) is 17.3. The summed E-state index contributed by atoms with van der Waals surface area (Å²) in [4.78, 5) is 39.8. The Kier molecular flexibility index (Phi) is 5.68. The molecule has 3 N–H and O–H groups in total. The number of amides is 1. The van der Waals surface area contributed by atoms with E-state index in [-0.39, 0.29) is 22.8 Å². The van der Waals surface area contributed by atoms with Crippen LogP contribution in [0.15, 0.2) is 45.5 Å². The summed E-state index contributed by atoms with van der Waals surface area (Å²) < 4.78 is 16.9. The molecule has 1 aromatic rings. The van der Waals surface area contributed by atoms with Crippen LogP contribution in [0.2, 0.25) is 0 Å². The highest BCUT2D eigenvalue weighted by Gasteiger charge is 2.62. The Balaban J connectivity index is 2.37. The van der Waals surface area contributed by atoms with E-state index >= 15 is 0 Å². The molecule has 9 heteroatoms. The van der Waals surface area contributed by atoms with Crippen LogP contribution in [0.4, 0.5) is 5.69 Å². The lowest BCUT2D eigenvalue weighted by Gasteiger charge is -2.36. The van der Waals surface area contributed by atoms with E-state index in [4.69, 9.17) is 19.9 Å². The summed E-state index contributed by atoms with van der Waals surface area (Å²) in [6.07, 6.45) is -0.949. The van der Waals surface area contributed by atoms with Crippen molar-refractivity contribution in [2.24, 2.45) is 5.73 Å². The molecule has 0 saturated carbocycles. The summed E-state index contributed by atoms with van der Waals surface area (Å²) >= 11 is 3.39. The fraction of sp³-hybridized carbons (Fsp3) is 0.381. The Morgan fingerprint density at radius 1 is 1.10 bits per heavy atom. The second-order valence-electron chi connectivity index (χ2n) is 7.57. The van der Waals surface area contributed by atoms with Gasteiger partial charge in [0.25, 0.3) is 0 Å². The molecular formula is C21H23BrN2O6. The van der Waals surface area contributed by atoms with Crippen molar-refractivity contribution in [3.63, 3.8) is 0 Å². The van der Waals surface area contributed by atoms with Gasteiger partial charge in [-0.05, 0) is 52.8 Å². The number of halogens is 1. The molecule has 2 heterocycles. The van der Waals surface area contributed by atoms with E-state index in [0.717, 1.165) is 0 Å². The van der Waals surface area contributed by atoms with Gasteiger partial charge < -0.3 is 25.3 Å². The van der Waals surface area contributed by atoms with Gasteiger partial charge in [-0.3, -0.25) is 4.79 Å². The number of anilines is 1. The van der Waals surface area contributed by atoms with Crippen LogP contribution in [0.3, 0.4) is 0 Å². The second-order valence-corrected chi connectivity index (χ2v) is 8.49. The molecule has 2 aliphatic rings. The van der Waals surface area contributed by atoms with Crippen LogP contribution >= 0.6 is 15.9 Å². The molecule has 1 atom stereocenters. The lowest BCUT2D eigenvalue weighted by molar-refractivity contribution is -0.147. The molecule has 1 spiro atoms. The molecular weight excluding hydrogens is 456 g/mol. The standard InChI is InChI=1S/C21H23BrN2O6/c1-9(2)28-18(25)15-11(5)30-17(23)16(19(26)29-10(3)4)21(15)13-8-12(22)6-7-14(13)24-20(21)27/h6-10H,23H2,1-5H3,(H,24,27)/t21-/m1/s1. The van der Waals surface area contributed by atoms with E-state index in [2.05, 4.69) is 21.2 Å². The lowest BCUT2D eigenvalue weighted by atomic mass is 9.67. The van der Waals surface area contributed by atoms with Crippen LogP contribution in [0.25, 0.3) is 0 Å². The number of allylic oxidation sites excluding steroid dienone is 1. The first-order valence-electron chi connectivity index (χ1n) is 9.43. The Labute approximate surface area is 182 Å². The van der Waals surface area contributed by atoms with E-state index in [1.54, 1.807) is 45.9 Å². The normalized spacial score (nSPS) is 20.5. The van der Waals surface area contributed by atoms with E-state index < -0.39 is 35.5 Å². The minimum Gasteiger partial charge on any atom is -0.459 e. The molecule has 0 aromatic heterocycles. The highest BCUT2D eigenvalue weighted by Crippen LogP contribution is 2.53. The zero-order valence-corrected chi connectivity index (χ0v) is 18.9. The second kappa shape index (κ2) is 7.79. The average molecular weight is 479 g/mol. The Morgan fingerprint density at radius 3 is 2.23 bits per heavy atom. The summed E-state index contributed by atoms with van der Waals surface area (Å²) in [6.45, 7) is 8.20. The minimum atomic E-state index is -1.87. The maximum Gasteiger partial charge on any atom is 0.341 e. The molecule has 0 aliphatic carbocycles. The van der Waals surface area contributed by atoms with Gasteiger partial charge in [-0.15, -0.1) is 0 Å². The lowest BCUT2D eigenvalue weighted by Crippen LogP contribution is -2.49. The van der Waals surface area contributed by atoms with Crippen LogP contribution in [0.5, 0.6) is 0 Å². The third kappa shape index (κ3) is 3.36. The number of benzene rings is 1. The molecule has 3 rings (SSSR count). The van der Waals surface area contributed by atoms with Gasteiger partial charge in [0.1, 0.15) is 22.3 Å². The smallest absolute Gasteiger partial charge is 0.341 e. The van der Waals surface area contributed by atoms with Gasteiger partial charge in [-0.2, -0.15) is 0 Å². The van der Waals surface area contributed by atoms with Crippen LogP contribution in [0, 0.1) is 0 Å². The first kappa shape index (κ1) is 21.9. The van der Waals surface area contributed by atoms with Crippen LogP contribution in [0.1, 0.15) is 40.2 Å². The SMILES string of the molecule is CC1=C(C(=O)OC(C)C)[C@@]2(C(=O)Nc3ccc(Br)cc32)C(C(=O)OC(C)C)=C(N)O1. The fourth-order valence-corrected chi connectivity index (χ4v) is 4.07. The Hall–Kier alpha value is -2.81. The molecule has 2 aliphatic heterocycles. The average Bonchev–Trinajstić information content (AvgIpc) is 2.85. The number of carbonyl (C=O) groups excluding carboxylic acids is 3. The predicted octanol–water partition coefficient (Wildman–Crippen LogP) is 3.02. The van der Waals surface area contributed by atoms with Gasteiger partial charge in [0.15, 0.2) is 0 Å². The Morgan fingerprint density at radius 2 is 1.67 bits per heavy atom. The summed E-state index contributed by atoms with van der Waals surface area (Å²) in [5.74, 6) is -2.49. The largest absolute Gasteiger partial charge is 0.459 e. The Bertz CT molecular complexity index is 965. The number of ether oxygens (including phenoxy) is 3. The molecule has 0 fully saturated rings.